The number of amides is 1. The van der Waals surface area contributed by atoms with Gasteiger partial charge in [0.1, 0.15) is 0 Å². The molecule has 0 radical (unpaired) electrons. The molecule has 5 rings (SSSR count). The molecule has 1 aliphatic heterocycles. The lowest BCUT2D eigenvalue weighted by atomic mass is 10.0. The van der Waals surface area contributed by atoms with Crippen molar-refractivity contribution < 1.29 is 18.1 Å². The molecule has 2 heterocycles. The second-order valence-corrected chi connectivity index (χ2v) is 11.0. The summed E-state index contributed by atoms with van der Waals surface area (Å²) in [5, 5.41) is 15.6. The Balaban J connectivity index is 1.26. The van der Waals surface area contributed by atoms with E-state index < -0.39 is 20.9 Å². The monoisotopic (exact) mass is 520 g/mol. The van der Waals surface area contributed by atoms with Gasteiger partial charge < -0.3 is 0 Å². The molecular formula is C25H20N4O5S2. The summed E-state index contributed by atoms with van der Waals surface area (Å²) >= 11 is 1.22. The standard InChI is InChI=1S/C25H20N4O5S2/c30-24(27-25-26-23(16-35-25)18-5-9-21(10-6-18)29(31)32)19-7-11-22(12-8-19)36(33,34)28-14-13-17-3-1-2-4-20(17)15-28/h1-12,16H,13-15H2,(H,26,27,30). The highest BCUT2D eigenvalue weighted by Crippen LogP contribution is 2.28. The molecule has 0 saturated heterocycles. The van der Waals surface area contributed by atoms with Gasteiger partial charge in [-0.2, -0.15) is 4.31 Å². The van der Waals surface area contributed by atoms with Gasteiger partial charge in [-0.1, -0.05) is 24.3 Å². The summed E-state index contributed by atoms with van der Waals surface area (Å²) in [5.41, 5.74) is 3.71. The third kappa shape index (κ3) is 4.76. The number of hydrogen-bond acceptors (Lipinski definition) is 7. The van der Waals surface area contributed by atoms with Gasteiger partial charge in [0.25, 0.3) is 11.6 Å². The highest BCUT2D eigenvalue weighted by molar-refractivity contribution is 7.89. The lowest BCUT2D eigenvalue weighted by Gasteiger charge is -2.28. The normalized spacial score (nSPS) is 13.7. The number of nitrogens with one attached hydrogen (secondary N) is 1. The molecule has 11 heteroatoms. The van der Waals surface area contributed by atoms with E-state index in [1.165, 1.54) is 52.0 Å². The van der Waals surface area contributed by atoms with Crippen molar-refractivity contribution in [1.82, 2.24) is 9.29 Å². The minimum atomic E-state index is -3.69. The van der Waals surface area contributed by atoms with Crippen LogP contribution >= 0.6 is 11.3 Å². The van der Waals surface area contributed by atoms with Crippen LogP contribution in [0.5, 0.6) is 0 Å². The summed E-state index contributed by atoms with van der Waals surface area (Å²) < 4.78 is 27.7. The van der Waals surface area contributed by atoms with Crippen LogP contribution in [0.15, 0.2) is 83.1 Å². The first-order valence-electron chi connectivity index (χ1n) is 11.0. The van der Waals surface area contributed by atoms with Crippen molar-refractivity contribution in [2.75, 3.05) is 11.9 Å². The number of thiazole rings is 1. The van der Waals surface area contributed by atoms with Crippen LogP contribution in [0.3, 0.4) is 0 Å². The minimum Gasteiger partial charge on any atom is -0.298 e. The lowest BCUT2D eigenvalue weighted by molar-refractivity contribution is -0.384. The summed E-state index contributed by atoms with van der Waals surface area (Å²) in [5.74, 6) is -0.421. The first-order valence-corrected chi connectivity index (χ1v) is 13.3. The maximum absolute atomic E-state index is 13.1. The van der Waals surface area contributed by atoms with Gasteiger partial charge in [-0.3, -0.25) is 20.2 Å². The topological polar surface area (TPSA) is 123 Å². The number of hydrogen-bond donors (Lipinski definition) is 1. The number of aromatic nitrogens is 1. The summed E-state index contributed by atoms with van der Waals surface area (Å²) in [6.45, 7) is 0.727. The van der Waals surface area contributed by atoms with E-state index in [1.807, 2.05) is 24.3 Å². The Hall–Kier alpha value is -3.93. The SMILES string of the molecule is O=C(Nc1nc(-c2ccc([N+](=O)[O-])cc2)cs1)c1ccc(S(=O)(=O)N2CCc3ccccc3C2)cc1. The minimum absolute atomic E-state index is 0.0157. The van der Waals surface area contributed by atoms with E-state index in [9.17, 15) is 23.3 Å². The number of nitro groups is 1. The van der Waals surface area contributed by atoms with Gasteiger partial charge in [0.2, 0.25) is 10.0 Å². The van der Waals surface area contributed by atoms with Crippen molar-refractivity contribution >= 4 is 38.1 Å². The molecule has 1 aromatic heterocycles. The van der Waals surface area contributed by atoms with Crippen molar-refractivity contribution in [3.05, 3.63) is 105 Å². The van der Waals surface area contributed by atoms with Gasteiger partial charge in [0, 0.05) is 41.7 Å². The number of rotatable bonds is 6. The van der Waals surface area contributed by atoms with Crippen LogP contribution in [0.2, 0.25) is 0 Å². The molecule has 0 fully saturated rings. The quantitative estimate of drug-likeness (QED) is 0.290. The van der Waals surface area contributed by atoms with Crippen LogP contribution in [0.25, 0.3) is 11.3 Å². The van der Waals surface area contributed by atoms with Crippen LogP contribution in [0, 0.1) is 10.1 Å². The maximum atomic E-state index is 13.1. The number of fused-ring (bicyclic) bond motifs is 1. The fourth-order valence-corrected chi connectivity index (χ4v) is 6.12. The number of anilines is 1. The van der Waals surface area contributed by atoms with Crippen molar-refractivity contribution in [3.8, 4) is 11.3 Å². The van der Waals surface area contributed by atoms with Crippen molar-refractivity contribution in [2.45, 2.75) is 17.9 Å². The Morgan fingerprint density at radius 1 is 1.00 bits per heavy atom. The zero-order valence-electron chi connectivity index (χ0n) is 18.8. The summed E-state index contributed by atoms with van der Waals surface area (Å²) in [6, 6.07) is 19.6. The third-order valence-corrected chi connectivity index (χ3v) is 8.57. The van der Waals surface area contributed by atoms with Crippen molar-refractivity contribution in [3.63, 3.8) is 0 Å². The van der Waals surface area contributed by atoms with E-state index in [2.05, 4.69) is 10.3 Å². The van der Waals surface area contributed by atoms with Gasteiger partial charge >= 0.3 is 0 Å². The molecule has 3 aromatic carbocycles. The molecule has 0 spiro atoms. The Bertz CT molecular complexity index is 1550. The average Bonchev–Trinajstić information content (AvgIpc) is 3.37. The Labute approximate surface area is 211 Å². The van der Waals surface area contributed by atoms with E-state index in [4.69, 9.17) is 0 Å². The lowest BCUT2D eigenvalue weighted by Crippen LogP contribution is -2.35. The van der Waals surface area contributed by atoms with Gasteiger partial charge in [-0.15, -0.1) is 11.3 Å². The van der Waals surface area contributed by atoms with Crippen molar-refractivity contribution in [1.29, 1.82) is 0 Å². The predicted octanol–water partition coefficient (Wildman–Crippen LogP) is 4.72. The van der Waals surface area contributed by atoms with Crippen LogP contribution in [0.4, 0.5) is 10.8 Å². The zero-order chi connectivity index (χ0) is 25.3. The third-order valence-electron chi connectivity index (χ3n) is 5.95. The first-order chi connectivity index (χ1) is 17.3. The zero-order valence-corrected chi connectivity index (χ0v) is 20.5. The number of benzene rings is 3. The molecule has 36 heavy (non-hydrogen) atoms. The molecule has 0 unspecified atom stereocenters. The van der Waals surface area contributed by atoms with Crippen LogP contribution in [-0.4, -0.2) is 35.1 Å². The fourth-order valence-electron chi connectivity index (χ4n) is 3.99. The molecule has 9 nitrogen and oxygen atoms in total. The van der Waals surface area contributed by atoms with Gasteiger partial charge in [0.05, 0.1) is 15.5 Å². The summed E-state index contributed by atoms with van der Waals surface area (Å²) in [6.07, 6.45) is 0.658. The van der Waals surface area contributed by atoms with E-state index in [1.54, 1.807) is 17.5 Å². The van der Waals surface area contributed by atoms with Gasteiger partial charge in [-0.05, 0) is 53.9 Å². The second kappa shape index (κ2) is 9.61. The predicted molar refractivity (Wildman–Crippen MR) is 136 cm³/mol. The smallest absolute Gasteiger partial charge is 0.269 e. The molecule has 4 aromatic rings. The number of nitro benzene ring substituents is 1. The van der Waals surface area contributed by atoms with Crippen LogP contribution in [-0.2, 0) is 23.0 Å². The summed E-state index contributed by atoms with van der Waals surface area (Å²) in [7, 11) is -3.69. The number of carbonyl (C=O) groups is 1. The Morgan fingerprint density at radius 2 is 1.69 bits per heavy atom. The van der Waals surface area contributed by atoms with E-state index in [0.29, 0.717) is 41.5 Å². The molecule has 1 amide bonds. The molecule has 182 valence electrons. The molecule has 0 saturated carbocycles. The molecule has 0 aliphatic carbocycles. The van der Waals surface area contributed by atoms with Crippen molar-refractivity contribution in [2.24, 2.45) is 0 Å². The largest absolute Gasteiger partial charge is 0.298 e. The maximum Gasteiger partial charge on any atom is 0.269 e. The number of non-ortho nitro benzene ring substituents is 1. The first kappa shape index (κ1) is 23.8. The molecule has 1 N–H and O–H groups in total. The van der Waals surface area contributed by atoms with E-state index >= 15 is 0 Å². The molecule has 0 atom stereocenters. The number of sulfonamides is 1. The Kier molecular flexibility index (Phi) is 6.35. The van der Waals surface area contributed by atoms with Gasteiger partial charge in [-0.25, -0.2) is 13.4 Å². The molecular weight excluding hydrogens is 500 g/mol. The average molecular weight is 521 g/mol. The highest BCUT2D eigenvalue weighted by atomic mass is 32.2. The summed E-state index contributed by atoms with van der Waals surface area (Å²) in [4.78, 5) is 27.5. The van der Waals surface area contributed by atoms with Crippen LogP contribution in [0.1, 0.15) is 21.5 Å². The second-order valence-electron chi connectivity index (χ2n) is 8.18. The Morgan fingerprint density at radius 3 is 2.39 bits per heavy atom. The van der Waals surface area contributed by atoms with E-state index in [0.717, 1.165) is 11.1 Å². The van der Waals surface area contributed by atoms with Gasteiger partial charge in [0.15, 0.2) is 5.13 Å². The number of carbonyl (C=O) groups excluding carboxylic acids is 1. The highest BCUT2D eigenvalue weighted by Gasteiger charge is 2.28. The number of nitrogens with zero attached hydrogens (tertiary/aromatic N) is 3. The van der Waals surface area contributed by atoms with E-state index in [-0.39, 0.29) is 10.6 Å². The van der Waals surface area contributed by atoms with Crippen LogP contribution < -0.4 is 5.32 Å². The fraction of sp³-hybridized carbons (Fsp3) is 0.120. The molecule has 1 aliphatic rings. The molecule has 0 bridgehead atoms.